The minimum atomic E-state index is 0.539. The number of rotatable bonds is 9. The maximum absolute atomic E-state index is 5.76. The highest BCUT2D eigenvalue weighted by atomic mass is 16.5. The van der Waals surface area contributed by atoms with Crippen LogP contribution in [0.5, 0.6) is 5.88 Å². The summed E-state index contributed by atoms with van der Waals surface area (Å²) in [5.74, 6) is 0.720. The molecule has 1 heterocycles. The first-order chi connectivity index (χ1) is 10.1. The molecule has 2 rings (SSSR count). The second-order valence-corrected chi connectivity index (χ2v) is 6.43. The molecule has 4 nitrogen and oxygen atoms in total. The summed E-state index contributed by atoms with van der Waals surface area (Å²) < 4.78 is 5.76. The zero-order chi connectivity index (χ0) is 15.2. The molecule has 0 unspecified atom stereocenters. The minimum Gasteiger partial charge on any atom is -0.476 e. The lowest BCUT2D eigenvalue weighted by atomic mass is 10.2. The van der Waals surface area contributed by atoms with Gasteiger partial charge in [-0.05, 0) is 46.1 Å². The molecule has 0 amide bonds. The predicted molar refractivity (Wildman–Crippen MR) is 86.6 cm³/mol. The van der Waals surface area contributed by atoms with Crippen LogP contribution >= 0.6 is 0 Å². The monoisotopic (exact) mass is 291 g/mol. The predicted octanol–water partition coefficient (Wildman–Crippen LogP) is 2.83. The molecule has 0 bridgehead atoms. The second-order valence-electron chi connectivity index (χ2n) is 6.43. The van der Waals surface area contributed by atoms with Crippen molar-refractivity contribution in [2.45, 2.75) is 65.2 Å². The molecule has 1 aromatic heterocycles. The second kappa shape index (κ2) is 7.76. The summed E-state index contributed by atoms with van der Waals surface area (Å²) in [6, 6.07) is 5.88. The van der Waals surface area contributed by atoms with E-state index in [0.717, 1.165) is 25.0 Å². The summed E-state index contributed by atoms with van der Waals surface area (Å²) in [5, 5.41) is 3.49. The summed E-state index contributed by atoms with van der Waals surface area (Å²) in [5.41, 5.74) is 1.22. The van der Waals surface area contributed by atoms with Gasteiger partial charge in [0.15, 0.2) is 0 Å². The first-order valence-electron chi connectivity index (χ1n) is 8.13. The highest BCUT2D eigenvalue weighted by molar-refractivity contribution is 5.17. The van der Waals surface area contributed by atoms with Crippen LogP contribution < -0.4 is 10.1 Å². The molecule has 4 heteroatoms. The van der Waals surface area contributed by atoms with Gasteiger partial charge in [0.1, 0.15) is 6.61 Å². The first kappa shape index (κ1) is 16.2. The molecule has 1 N–H and O–H groups in total. The van der Waals surface area contributed by atoms with Gasteiger partial charge in [-0.1, -0.05) is 6.07 Å². The van der Waals surface area contributed by atoms with Crippen LogP contribution in [-0.2, 0) is 6.54 Å². The third kappa shape index (κ3) is 5.64. The van der Waals surface area contributed by atoms with E-state index in [9.17, 15) is 0 Å². The van der Waals surface area contributed by atoms with E-state index in [-0.39, 0.29) is 0 Å². The normalized spacial score (nSPS) is 15.2. The van der Waals surface area contributed by atoms with Crippen molar-refractivity contribution in [1.29, 1.82) is 0 Å². The SMILES string of the molecule is CC(C)N(CCOc1ccc(CNC2CC2)cn1)C(C)C. The standard InChI is InChI=1S/C17H29N3O/c1-13(2)20(14(3)4)9-10-21-17-8-5-15(12-19-17)11-18-16-6-7-16/h5,8,12-14,16,18H,6-7,9-11H2,1-4H3. The Labute approximate surface area is 128 Å². The molecular formula is C17H29N3O. The van der Waals surface area contributed by atoms with Gasteiger partial charge in [0.2, 0.25) is 5.88 Å². The van der Waals surface area contributed by atoms with Gasteiger partial charge in [-0.3, -0.25) is 4.90 Å². The van der Waals surface area contributed by atoms with Crippen molar-refractivity contribution in [3.63, 3.8) is 0 Å². The van der Waals surface area contributed by atoms with E-state index < -0.39 is 0 Å². The number of hydrogen-bond donors (Lipinski definition) is 1. The third-order valence-corrected chi connectivity index (χ3v) is 3.90. The Bertz CT molecular complexity index is 405. The Hall–Kier alpha value is -1.13. The lowest BCUT2D eigenvalue weighted by Gasteiger charge is -2.30. The number of ether oxygens (including phenoxy) is 1. The van der Waals surface area contributed by atoms with Crippen molar-refractivity contribution >= 4 is 0 Å². The Kier molecular flexibility index (Phi) is 6.00. The molecule has 21 heavy (non-hydrogen) atoms. The Morgan fingerprint density at radius 3 is 2.48 bits per heavy atom. The molecule has 118 valence electrons. The Morgan fingerprint density at radius 2 is 1.95 bits per heavy atom. The van der Waals surface area contributed by atoms with Crippen LogP contribution in [0.25, 0.3) is 0 Å². The van der Waals surface area contributed by atoms with Gasteiger partial charge in [-0.25, -0.2) is 4.98 Å². The quantitative estimate of drug-likeness (QED) is 0.759. The fraction of sp³-hybridized carbons (Fsp3) is 0.706. The summed E-state index contributed by atoms with van der Waals surface area (Å²) in [6.45, 7) is 11.4. The zero-order valence-electron chi connectivity index (χ0n) is 13.8. The molecule has 0 spiro atoms. The molecule has 1 aliphatic rings. The van der Waals surface area contributed by atoms with E-state index in [0.29, 0.717) is 18.7 Å². The lowest BCUT2D eigenvalue weighted by molar-refractivity contribution is 0.140. The van der Waals surface area contributed by atoms with Gasteiger partial charge in [0, 0.05) is 43.5 Å². The Balaban J connectivity index is 1.72. The molecule has 1 aromatic rings. The highest BCUT2D eigenvalue weighted by Gasteiger charge is 2.19. The van der Waals surface area contributed by atoms with Gasteiger partial charge < -0.3 is 10.1 Å². The average Bonchev–Trinajstić information content (AvgIpc) is 3.26. The van der Waals surface area contributed by atoms with Gasteiger partial charge in [-0.2, -0.15) is 0 Å². The van der Waals surface area contributed by atoms with Crippen LogP contribution in [0.1, 0.15) is 46.1 Å². The van der Waals surface area contributed by atoms with Gasteiger partial charge >= 0.3 is 0 Å². The number of nitrogens with zero attached hydrogens (tertiary/aromatic N) is 2. The van der Waals surface area contributed by atoms with E-state index in [2.05, 4.69) is 49.0 Å². The van der Waals surface area contributed by atoms with Crippen molar-refractivity contribution < 1.29 is 4.74 Å². The van der Waals surface area contributed by atoms with Crippen LogP contribution in [0.15, 0.2) is 18.3 Å². The molecular weight excluding hydrogens is 262 g/mol. The number of pyridine rings is 1. The summed E-state index contributed by atoms with van der Waals surface area (Å²) in [7, 11) is 0. The Morgan fingerprint density at radius 1 is 1.24 bits per heavy atom. The molecule has 0 aliphatic heterocycles. The molecule has 0 radical (unpaired) electrons. The third-order valence-electron chi connectivity index (χ3n) is 3.90. The first-order valence-corrected chi connectivity index (χ1v) is 8.13. The van der Waals surface area contributed by atoms with Gasteiger partial charge in [0.05, 0.1) is 0 Å². The van der Waals surface area contributed by atoms with Gasteiger partial charge in [-0.15, -0.1) is 0 Å². The van der Waals surface area contributed by atoms with Crippen molar-refractivity contribution in [1.82, 2.24) is 15.2 Å². The van der Waals surface area contributed by atoms with E-state index in [1.54, 1.807) is 0 Å². The van der Waals surface area contributed by atoms with Crippen LogP contribution in [-0.4, -0.2) is 41.2 Å². The molecule has 0 aromatic carbocycles. The molecule has 1 aliphatic carbocycles. The number of aromatic nitrogens is 1. The summed E-state index contributed by atoms with van der Waals surface area (Å²) in [4.78, 5) is 6.81. The van der Waals surface area contributed by atoms with E-state index in [1.165, 1.54) is 18.4 Å². The summed E-state index contributed by atoms with van der Waals surface area (Å²) in [6.07, 6.45) is 4.54. The number of hydrogen-bond acceptors (Lipinski definition) is 4. The fourth-order valence-electron chi connectivity index (χ4n) is 2.52. The fourth-order valence-corrected chi connectivity index (χ4v) is 2.52. The van der Waals surface area contributed by atoms with Crippen molar-refractivity contribution in [2.75, 3.05) is 13.2 Å². The van der Waals surface area contributed by atoms with E-state index in [4.69, 9.17) is 4.74 Å². The minimum absolute atomic E-state index is 0.539. The highest BCUT2D eigenvalue weighted by Crippen LogP contribution is 2.19. The summed E-state index contributed by atoms with van der Waals surface area (Å²) >= 11 is 0. The topological polar surface area (TPSA) is 37.4 Å². The molecule has 1 saturated carbocycles. The lowest BCUT2D eigenvalue weighted by Crippen LogP contribution is -2.39. The largest absolute Gasteiger partial charge is 0.476 e. The molecule has 1 fully saturated rings. The van der Waals surface area contributed by atoms with Crippen LogP contribution in [0.3, 0.4) is 0 Å². The molecule has 0 saturated heterocycles. The molecule has 0 atom stereocenters. The number of nitrogens with one attached hydrogen (secondary N) is 1. The zero-order valence-corrected chi connectivity index (χ0v) is 13.8. The van der Waals surface area contributed by atoms with E-state index >= 15 is 0 Å². The van der Waals surface area contributed by atoms with Crippen molar-refractivity contribution in [3.05, 3.63) is 23.9 Å². The van der Waals surface area contributed by atoms with Crippen molar-refractivity contribution in [2.24, 2.45) is 0 Å². The smallest absolute Gasteiger partial charge is 0.213 e. The van der Waals surface area contributed by atoms with Crippen LogP contribution in [0.2, 0.25) is 0 Å². The van der Waals surface area contributed by atoms with Crippen LogP contribution in [0.4, 0.5) is 0 Å². The average molecular weight is 291 g/mol. The van der Waals surface area contributed by atoms with E-state index in [1.807, 2.05) is 12.3 Å². The maximum Gasteiger partial charge on any atom is 0.213 e. The van der Waals surface area contributed by atoms with Gasteiger partial charge in [0.25, 0.3) is 0 Å². The van der Waals surface area contributed by atoms with Crippen LogP contribution in [0, 0.1) is 0 Å². The maximum atomic E-state index is 5.76. The van der Waals surface area contributed by atoms with Crippen molar-refractivity contribution in [3.8, 4) is 5.88 Å².